The third kappa shape index (κ3) is 5.07. The Kier molecular flexibility index (Phi) is 5.84. The lowest BCUT2D eigenvalue weighted by atomic mass is 9.94. The van der Waals surface area contributed by atoms with Crippen molar-refractivity contribution >= 4 is 11.3 Å². The highest BCUT2D eigenvalue weighted by atomic mass is 32.1. The number of likely N-dealkylation sites (tertiary alicyclic amines) is 1. The minimum Gasteiger partial charge on any atom is -0.389 e. The molecule has 0 bridgehead atoms. The zero-order valence-electron chi connectivity index (χ0n) is 14.9. The van der Waals surface area contributed by atoms with Gasteiger partial charge in [0.25, 0.3) is 0 Å². The number of benzene rings is 1. The number of aliphatic hydroxyl groups is 1. The van der Waals surface area contributed by atoms with Gasteiger partial charge in [-0.25, -0.2) is 9.37 Å². The molecule has 2 aromatic rings. The lowest BCUT2D eigenvalue weighted by Gasteiger charge is -2.29. The Morgan fingerprint density at radius 2 is 2.00 bits per heavy atom. The number of hydrogen-bond donors (Lipinski definition) is 1. The van der Waals surface area contributed by atoms with Gasteiger partial charge in [-0.15, -0.1) is 11.3 Å². The molecule has 25 heavy (non-hydrogen) atoms. The van der Waals surface area contributed by atoms with Crippen molar-refractivity contribution in [3.8, 4) is 11.3 Å². The van der Waals surface area contributed by atoms with Gasteiger partial charge in [-0.2, -0.15) is 0 Å². The number of aromatic nitrogens is 1. The Labute approximate surface area is 152 Å². The Morgan fingerprint density at radius 1 is 1.24 bits per heavy atom. The smallest absolute Gasteiger partial charge is 0.123 e. The molecular weight excluding hydrogens is 337 g/mol. The number of rotatable bonds is 5. The molecule has 0 amide bonds. The molecule has 1 N–H and O–H groups in total. The van der Waals surface area contributed by atoms with Crippen molar-refractivity contribution in [3.63, 3.8) is 0 Å². The van der Waals surface area contributed by atoms with Crippen LogP contribution in [-0.4, -0.2) is 59.2 Å². The molecule has 1 saturated heterocycles. The maximum absolute atomic E-state index is 13.0. The van der Waals surface area contributed by atoms with E-state index < -0.39 is 5.60 Å². The molecule has 2 heterocycles. The highest BCUT2D eigenvalue weighted by Crippen LogP contribution is 2.26. The summed E-state index contributed by atoms with van der Waals surface area (Å²) in [6.45, 7) is 3.40. The van der Waals surface area contributed by atoms with Gasteiger partial charge >= 0.3 is 0 Å². The summed E-state index contributed by atoms with van der Waals surface area (Å²) in [6.07, 6.45) is 2.64. The van der Waals surface area contributed by atoms with E-state index in [0.29, 0.717) is 6.54 Å². The summed E-state index contributed by atoms with van der Waals surface area (Å²) in [5.41, 5.74) is 1.26. The van der Waals surface area contributed by atoms with Gasteiger partial charge in [-0.05, 0) is 64.2 Å². The molecular formula is C19H26FN3OS. The van der Waals surface area contributed by atoms with Crippen molar-refractivity contribution in [2.24, 2.45) is 0 Å². The minimum atomic E-state index is -0.583. The molecule has 1 aromatic carbocycles. The zero-order valence-corrected chi connectivity index (χ0v) is 15.7. The molecule has 1 atom stereocenters. The van der Waals surface area contributed by atoms with Crippen LogP contribution in [0, 0.1) is 5.82 Å². The van der Waals surface area contributed by atoms with E-state index in [1.54, 1.807) is 23.5 Å². The predicted octanol–water partition coefficient (Wildman–Crippen LogP) is 3.23. The Morgan fingerprint density at radius 3 is 2.72 bits per heavy atom. The lowest BCUT2D eigenvalue weighted by molar-refractivity contribution is 0.00257. The molecule has 3 rings (SSSR count). The highest BCUT2D eigenvalue weighted by molar-refractivity contribution is 7.09. The van der Waals surface area contributed by atoms with E-state index in [1.165, 1.54) is 12.1 Å². The summed E-state index contributed by atoms with van der Waals surface area (Å²) in [7, 11) is 4.01. The molecule has 1 aliphatic heterocycles. The maximum atomic E-state index is 13.0. The number of likely N-dealkylation sites (N-methyl/N-ethyl adjacent to an activating group) is 1. The van der Waals surface area contributed by atoms with E-state index in [0.717, 1.165) is 55.2 Å². The number of hydrogen-bond acceptors (Lipinski definition) is 5. The molecule has 0 saturated carbocycles. The van der Waals surface area contributed by atoms with Crippen LogP contribution in [0.2, 0.25) is 0 Å². The first-order chi connectivity index (χ1) is 11.9. The Balaban J connectivity index is 1.60. The van der Waals surface area contributed by atoms with Gasteiger partial charge in [0.05, 0.1) is 17.8 Å². The van der Waals surface area contributed by atoms with Crippen LogP contribution < -0.4 is 0 Å². The van der Waals surface area contributed by atoms with Crippen LogP contribution in [0.15, 0.2) is 29.6 Å². The molecule has 1 aromatic heterocycles. The summed E-state index contributed by atoms with van der Waals surface area (Å²) >= 11 is 1.64. The lowest BCUT2D eigenvalue weighted by Crippen LogP contribution is -2.40. The molecule has 1 unspecified atom stereocenters. The van der Waals surface area contributed by atoms with Crippen LogP contribution >= 0.6 is 11.3 Å². The average molecular weight is 364 g/mol. The fourth-order valence-corrected chi connectivity index (χ4v) is 4.31. The van der Waals surface area contributed by atoms with Crippen LogP contribution in [0.1, 0.15) is 24.3 Å². The number of nitrogens with zero attached hydrogens (tertiary/aromatic N) is 3. The van der Waals surface area contributed by atoms with Crippen molar-refractivity contribution in [2.75, 3.05) is 33.7 Å². The van der Waals surface area contributed by atoms with Crippen LogP contribution in [0.5, 0.6) is 0 Å². The van der Waals surface area contributed by atoms with Gasteiger partial charge in [0.2, 0.25) is 0 Å². The summed E-state index contributed by atoms with van der Waals surface area (Å²) in [5.74, 6) is -0.228. The summed E-state index contributed by atoms with van der Waals surface area (Å²) in [4.78, 5) is 9.14. The van der Waals surface area contributed by atoms with E-state index in [9.17, 15) is 9.50 Å². The predicted molar refractivity (Wildman–Crippen MR) is 100 cm³/mol. The van der Waals surface area contributed by atoms with E-state index in [1.807, 2.05) is 19.5 Å². The minimum absolute atomic E-state index is 0.228. The van der Waals surface area contributed by atoms with Gasteiger partial charge in [-0.1, -0.05) is 0 Å². The standard InChI is InChI=1S/C19H26FN3OS/c1-22(2)14-19(24)8-3-10-23(11-9-19)12-18-21-17(13-25-18)15-4-6-16(20)7-5-15/h4-7,13,24H,3,8-12,14H2,1-2H3. The third-order valence-corrected chi connectivity index (χ3v) is 5.50. The molecule has 6 heteroatoms. The van der Waals surface area contributed by atoms with Crippen molar-refractivity contribution in [2.45, 2.75) is 31.4 Å². The molecule has 0 aliphatic carbocycles. The molecule has 136 valence electrons. The Bertz CT molecular complexity index is 688. The third-order valence-electron chi connectivity index (χ3n) is 4.67. The second-order valence-electron chi connectivity index (χ2n) is 7.23. The first-order valence-electron chi connectivity index (χ1n) is 8.73. The second-order valence-corrected chi connectivity index (χ2v) is 8.17. The molecule has 0 radical (unpaired) electrons. The molecule has 1 fully saturated rings. The van der Waals surface area contributed by atoms with E-state index in [-0.39, 0.29) is 5.82 Å². The van der Waals surface area contributed by atoms with E-state index >= 15 is 0 Å². The topological polar surface area (TPSA) is 39.6 Å². The normalized spacial score (nSPS) is 22.3. The maximum Gasteiger partial charge on any atom is 0.123 e. The van der Waals surface area contributed by atoms with Crippen LogP contribution in [0.4, 0.5) is 4.39 Å². The van der Waals surface area contributed by atoms with Gasteiger partial charge < -0.3 is 10.0 Å². The summed E-state index contributed by atoms with van der Waals surface area (Å²) in [6, 6.07) is 6.46. The van der Waals surface area contributed by atoms with Gasteiger partial charge in [0.15, 0.2) is 0 Å². The monoisotopic (exact) mass is 363 g/mol. The molecule has 0 spiro atoms. The van der Waals surface area contributed by atoms with Gasteiger partial charge in [0.1, 0.15) is 10.8 Å². The Hall–Kier alpha value is -1.34. The average Bonchev–Trinajstić information content (AvgIpc) is 2.93. The van der Waals surface area contributed by atoms with Crippen molar-refractivity contribution in [1.82, 2.24) is 14.8 Å². The van der Waals surface area contributed by atoms with Crippen LogP contribution in [0.3, 0.4) is 0 Å². The molecule has 1 aliphatic rings. The van der Waals surface area contributed by atoms with Crippen molar-refractivity contribution in [1.29, 1.82) is 0 Å². The van der Waals surface area contributed by atoms with E-state index in [4.69, 9.17) is 4.98 Å². The van der Waals surface area contributed by atoms with Crippen LogP contribution in [0.25, 0.3) is 11.3 Å². The summed E-state index contributed by atoms with van der Waals surface area (Å²) < 4.78 is 13.0. The van der Waals surface area contributed by atoms with Crippen molar-refractivity contribution < 1.29 is 9.50 Å². The first-order valence-corrected chi connectivity index (χ1v) is 9.61. The first kappa shape index (κ1) is 18.5. The zero-order chi connectivity index (χ0) is 17.9. The molecule has 4 nitrogen and oxygen atoms in total. The highest BCUT2D eigenvalue weighted by Gasteiger charge is 2.30. The largest absolute Gasteiger partial charge is 0.389 e. The number of halogens is 1. The SMILES string of the molecule is CN(C)CC1(O)CCCN(Cc2nc(-c3ccc(F)cc3)cs2)CC1. The van der Waals surface area contributed by atoms with Crippen molar-refractivity contribution in [3.05, 3.63) is 40.5 Å². The fourth-order valence-electron chi connectivity index (χ4n) is 3.47. The number of thiazole rings is 1. The second kappa shape index (κ2) is 7.91. The van der Waals surface area contributed by atoms with E-state index in [2.05, 4.69) is 9.80 Å². The quantitative estimate of drug-likeness (QED) is 0.885. The van der Waals surface area contributed by atoms with Crippen LogP contribution in [-0.2, 0) is 6.54 Å². The fraction of sp³-hybridized carbons (Fsp3) is 0.526. The van der Waals surface area contributed by atoms with Gasteiger partial charge in [0, 0.05) is 24.0 Å². The van der Waals surface area contributed by atoms with Gasteiger partial charge in [-0.3, -0.25) is 4.90 Å². The summed E-state index contributed by atoms with van der Waals surface area (Å²) in [5, 5.41) is 13.9.